The van der Waals surface area contributed by atoms with Crippen LogP contribution < -0.4 is 5.43 Å². The van der Waals surface area contributed by atoms with Gasteiger partial charge in [-0.05, 0) is 37.6 Å². The normalized spacial score (nSPS) is 11.2. The molecule has 2 aromatic rings. The molecule has 8 heteroatoms. The fraction of sp³-hybridized carbons (Fsp3) is 0.154. The second-order valence-corrected chi connectivity index (χ2v) is 4.38. The molecule has 0 saturated carbocycles. The number of carbonyl (C=O) groups excluding carboxylic acids is 1. The lowest BCUT2D eigenvalue weighted by Crippen LogP contribution is -2.19. The lowest BCUT2D eigenvalue weighted by atomic mass is 10.1. The number of carbonyl (C=O) groups is 1. The van der Waals surface area contributed by atoms with Gasteiger partial charge in [0.05, 0.1) is 10.6 Å². The third-order valence-corrected chi connectivity index (χ3v) is 2.76. The number of aryl methyl sites for hydroxylation is 1. The molecule has 0 aliphatic heterocycles. The van der Waals surface area contributed by atoms with Gasteiger partial charge in [0.25, 0.3) is 11.6 Å². The van der Waals surface area contributed by atoms with Crippen LogP contribution in [0.4, 0.5) is 5.69 Å². The number of benzene rings is 1. The number of H-pyrrole nitrogens is 1. The lowest BCUT2D eigenvalue weighted by molar-refractivity contribution is -0.384. The van der Waals surface area contributed by atoms with Crippen molar-refractivity contribution in [2.45, 2.75) is 13.8 Å². The number of non-ortho nitro benzene ring substituents is 1. The third kappa shape index (κ3) is 3.50. The Bertz CT molecular complexity index is 703. The van der Waals surface area contributed by atoms with Crippen molar-refractivity contribution < 1.29 is 9.72 Å². The molecule has 0 unspecified atom stereocenters. The largest absolute Gasteiger partial charge is 0.291 e. The van der Waals surface area contributed by atoms with Crippen LogP contribution >= 0.6 is 0 Å². The van der Waals surface area contributed by atoms with Gasteiger partial charge in [-0.25, -0.2) is 5.43 Å². The topological polar surface area (TPSA) is 113 Å². The van der Waals surface area contributed by atoms with Gasteiger partial charge >= 0.3 is 0 Å². The van der Waals surface area contributed by atoms with E-state index >= 15 is 0 Å². The van der Waals surface area contributed by atoms with Crippen LogP contribution in [0.15, 0.2) is 35.4 Å². The van der Waals surface area contributed by atoms with Crippen LogP contribution in [0.25, 0.3) is 0 Å². The van der Waals surface area contributed by atoms with Crippen molar-refractivity contribution >= 4 is 17.3 Å². The summed E-state index contributed by atoms with van der Waals surface area (Å²) in [7, 11) is 0. The molecule has 2 rings (SSSR count). The van der Waals surface area contributed by atoms with Gasteiger partial charge < -0.3 is 0 Å². The van der Waals surface area contributed by atoms with E-state index in [1.807, 2.05) is 0 Å². The van der Waals surface area contributed by atoms with E-state index in [1.165, 1.54) is 12.1 Å². The smallest absolute Gasteiger partial charge is 0.282 e. The number of aromatic nitrogens is 2. The maximum Gasteiger partial charge on any atom is 0.291 e. The molecular weight excluding hydrogens is 274 g/mol. The average Bonchev–Trinajstić information content (AvgIpc) is 2.91. The van der Waals surface area contributed by atoms with Crippen LogP contribution in [0.1, 0.15) is 28.7 Å². The fourth-order valence-corrected chi connectivity index (χ4v) is 1.62. The monoisotopic (exact) mass is 287 g/mol. The van der Waals surface area contributed by atoms with Crippen molar-refractivity contribution in [3.05, 3.63) is 57.4 Å². The minimum Gasteiger partial charge on any atom is -0.282 e. The Morgan fingerprint density at radius 3 is 2.57 bits per heavy atom. The zero-order valence-corrected chi connectivity index (χ0v) is 11.5. The van der Waals surface area contributed by atoms with Gasteiger partial charge in [-0.3, -0.25) is 20.0 Å². The molecule has 1 aromatic carbocycles. The van der Waals surface area contributed by atoms with Gasteiger partial charge in [0.2, 0.25) is 0 Å². The predicted molar refractivity (Wildman–Crippen MR) is 76.1 cm³/mol. The summed E-state index contributed by atoms with van der Waals surface area (Å²) in [4.78, 5) is 21.8. The predicted octanol–water partition coefficient (Wildman–Crippen LogP) is 1.78. The van der Waals surface area contributed by atoms with Crippen molar-refractivity contribution in [2.24, 2.45) is 5.10 Å². The van der Waals surface area contributed by atoms with Crippen molar-refractivity contribution in [1.29, 1.82) is 0 Å². The van der Waals surface area contributed by atoms with Gasteiger partial charge in [0, 0.05) is 17.8 Å². The number of aromatic amines is 1. The van der Waals surface area contributed by atoms with Crippen LogP contribution in [0.5, 0.6) is 0 Å². The molecule has 2 N–H and O–H groups in total. The number of nitro groups is 1. The Hall–Kier alpha value is -3.03. The first kappa shape index (κ1) is 14.4. The maximum absolute atomic E-state index is 11.7. The van der Waals surface area contributed by atoms with E-state index in [-0.39, 0.29) is 11.4 Å². The lowest BCUT2D eigenvalue weighted by Gasteiger charge is -2.01. The summed E-state index contributed by atoms with van der Waals surface area (Å²) in [5.74, 6) is -0.430. The minimum atomic E-state index is -0.474. The molecule has 0 atom stereocenters. The van der Waals surface area contributed by atoms with Crippen LogP contribution in [-0.2, 0) is 0 Å². The summed E-state index contributed by atoms with van der Waals surface area (Å²) in [6, 6.07) is 7.51. The summed E-state index contributed by atoms with van der Waals surface area (Å²) in [5.41, 5.74) is 4.61. The molecule has 0 bridgehead atoms. The highest BCUT2D eigenvalue weighted by atomic mass is 16.6. The van der Waals surface area contributed by atoms with E-state index in [0.29, 0.717) is 11.3 Å². The summed E-state index contributed by atoms with van der Waals surface area (Å²) in [6.45, 7) is 3.48. The first-order chi connectivity index (χ1) is 9.97. The Morgan fingerprint density at radius 2 is 2.05 bits per heavy atom. The average molecular weight is 287 g/mol. The molecular formula is C13H13N5O3. The quantitative estimate of drug-likeness (QED) is 0.506. The Balaban J connectivity index is 2.07. The second-order valence-electron chi connectivity index (χ2n) is 4.38. The van der Waals surface area contributed by atoms with Gasteiger partial charge in [-0.1, -0.05) is 0 Å². The molecule has 21 heavy (non-hydrogen) atoms. The molecule has 0 fully saturated rings. The maximum atomic E-state index is 11.7. The zero-order chi connectivity index (χ0) is 15.4. The molecule has 108 valence electrons. The summed E-state index contributed by atoms with van der Waals surface area (Å²) in [5, 5.41) is 21.0. The van der Waals surface area contributed by atoms with E-state index < -0.39 is 10.8 Å². The van der Waals surface area contributed by atoms with Crippen molar-refractivity contribution in [2.75, 3.05) is 0 Å². The highest BCUT2D eigenvalue weighted by molar-refractivity contribution is 6.00. The van der Waals surface area contributed by atoms with E-state index in [2.05, 4.69) is 20.7 Å². The first-order valence-corrected chi connectivity index (χ1v) is 6.09. The van der Waals surface area contributed by atoms with Gasteiger partial charge in [-0.2, -0.15) is 10.2 Å². The van der Waals surface area contributed by atoms with Crippen molar-refractivity contribution in [1.82, 2.24) is 15.6 Å². The highest BCUT2D eigenvalue weighted by Crippen LogP contribution is 2.12. The molecule has 1 amide bonds. The molecule has 8 nitrogen and oxygen atoms in total. The Labute approximate surface area is 120 Å². The third-order valence-electron chi connectivity index (χ3n) is 2.76. The number of hydrogen-bond donors (Lipinski definition) is 2. The first-order valence-electron chi connectivity index (χ1n) is 6.09. The molecule has 0 spiro atoms. The fourth-order valence-electron chi connectivity index (χ4n) is 1.62. The second kappa shape index (κ2) is 5.95. The Morgan fingerprint density at radius 1 is 1.38 bits per heavy atom. The van der Waals surface area contributed by atoms with Crippen molar-refractivity contribution in [3.8, 4) is 0 Å². The number of amides is 1. The van der Waals surface area contributed by atoms with Gasteiger partial charge in [0.15, 0.2) is 5.69 Å². The van der Waals surface area contributed by atoms with Crippen LogP contribution in [0.2, 0.25) is 0 Å². The number of rotatable bonds is 4. The number of nitro benzene ring substituents is 1. The molecule has 0 aliphatic rings. The SMILES string of the molecule is C/C(=N\NC(=O)c1cc(C)[nH]n1)c1ccc([N+](=O)[O-])cc1. The standard InChI is InChI=1S/C13H13N5O3/c1-8-7-12(16-14-8)13(19)17-15-9(2)10-3-5-11(6-4-10)18(20)21/h3-7H,1-2H3,(H,14,16)(H,17,19)/b15-9+. The molecule has 0 saturated heterocycles. The van der Waals surface area contributed by atoms with E-state index in [9.17, 15) is 14.9 Å². The summed E-state index contributed by atoms with van der Waals surface area (Å²) in [6.07, 6.45) is 0. The van der Waals surface area contributed by atoms with Crippen LogP contribution in [0.3, 0.4) is 0 Å². The summed E-state index contributed by atoms with van der Waals surface area (Å²) >= 11 is 0. The minimum absolute atomic E-state index is 0.00239. The Kier molecular flexibility index (Phi) is 4.07. The van der Waals surface area contributed by atoms with Gasteiger partial charge in [0.1, 0.15) is 0 Å². The molecule has 1 heterocycles. The van der Waals surface area contributed by atoms with Crippen LogP contribution in [-0.4, -0.2) is 26.7 Å². The number of nitrogens with one attached hydrogen (secondary N) is 2. The van der Waals surface area contributed by atoms with Crippen LogP contribution in [0, 0.1) is 17.0 Å². The molecule has 0 radical (unpaired) electrons. The van der Waals surface area contributed by atoms with E-state index in [1.54, 1.807) is 32.0 Å². The van der Waals surface area contributed by atoms with E-state index in [0.717, 1.165) is 5.69 Å². The molecule has 1 aromatic heterocycles. The number of hydrazone groups is 1. The molecule has 0 aliphatic carbocycles. The zero-order valence-electron chi connectivity index (χ0n) is 11.5. The van der Waals surface area contributed by atoms with E-state index in [4.69, 9.17) is 0 Å². The van der Waals surface area contributed by atoms with Crippen molar-refractivity contribution in [3.63, 3.8) is 0 Å². The summed E-state index contributed by atoms with van der Waals surface area (Å²) < 4.78 is 0. The number of hydrogen-bond acceptors (Lipinski definition) is 5. The number of nitrogens with zero attached hydrogens (tertiary/aromatic N) is 3. The highest BCUT2D eigenvalue weighted by Gasteiger charge is 2.09. The van der Waals surface area contributed by atoms with Gasteiger partial charge in [-0.15, -0.1) is 0 Å².